The van der Waals surface area contributed by atoms with Crippen molar-refractivity contribution in [3.63, 3.8) is 0 Å². The van der Waals surface area contributed by atoms with Gasteiger partial charge in [0.15, 0.2) is 0 Å². The quantitative estimate of drug-likeness (QED) is 0.496. The lowest BCUT2D eigenvalue weighted by Crippen LogP contribution is -2.02. The van der Waals surface area contributed by atoms with Crippen LogP contribution in [0.1, 0.15) is 15.9 Å². The highest BCUT2D eigenvalue weighted by molar-refractivity contribution is 5.87. The first-order chi connectivity index (χ1) is 5.65. The van der Waals surface area contributed by atoms with E-state index in [1.807, 2.05) is 0 Å². The molecule has 0 spiro atoms. The Morgan fingerprint density at radius 1 is 1.75 bits per heavy atom. The first kappa shape index (κ1) is 8.21. The lowest BCUT2D eigenvalue weighted by molar-refractivity contribution is 0.0690. The van der Waals surface area contributed by atoms with E-state index in [1.54, 1.807) is 0 Å². The largest absolute Gasteiger partial charge is 0.478 e. The molecular weight excluding hydrogens is 161 g/mol. The van der Waals surface area contributed by atoms with Gasteiger partial charge in [-0.15, -0.1) is 6.42 Å². The van der Waals surface area contributed by atoms with Crippen molar-refractivity contribution in [3.05, 3.63) is 29.3 Å². The summed E-state index contributed by atoms with van der Waals surface area (Å²) in [6.07, 6.45) is 6.06. The minimum atomic E-state index is -1.38. The number of hydrogen-bond donors (Lipinski definition) is 1. The van der Waals surface area contributed by atoms with E-state index in [0.29, 0.717) is 0 Å². The van der Waals surface area contributed by atoms with Crippen molar-refractivity contribution in [3.8, 4) is 12.3 Å². The lowest BCUT2D eigenvalue weighted by atomic mass is 10.2. The summed E-state index contributed by atoms with van der Waals surface area (Å²) in [5.74, 6) is -0.247. The minimum absolute atomic E-state index is 0.244. The molecule has 0 aliphatic heterocycles. The Balaban J connectivity index is 3.28. The van der Waals surface area contributed by atoms with Gasteiger partial charge in [0.2, 0.25) is 5.95 Å². The number of carboxylic acid groups (broad SMARTS) is 1. The Kier molecular flexibility index (Phi) is 2.06. The van der Waals surface area contributed by atoms with Gasteiger partial charge in [-0.25, -0.2) is 9.78 Å². The maximum atomic E-state index is 12.6. The second kappa shape index (κ2) is 3.01. The predicted molar refractivity (Wildman–Crippen MR) is 39.1 cm³/mol. The number of terminal acetylenes is 1. The standard InChI is InChI=1S/C8H4FNO2/c1-2-5-3-6(8(11)12)7(9)10-4-5/h1,3-4H,(H,11,12). The molecule has 0 aliphatic rings. The SMILES string of the molecule is C#Cc1cnc(F)c(C(=O)O)c1. The molecule has 0 aliphatic carbocycles. The monoisotopic (exact) mass is 165 g/mol. The molecular formula is C8H4FNO2. The molecule has 4 heteroatoms. The number of hydrogen-bond acceptors (Lipinski definition) is 2. The van der Waals surface area contributed by atoms with Crippen LogP contribution in [0.5, 0.6) is 0 Å². The van der Waals surface area contributed by atoms with Crippen LogP contribution in [-0.4, -0.2) is 16.1 Å². The summed E-state index contributed by atoms with van der Waals surface area (Å²) in [5.41, 5.74) is -0.265. The predicted octanol–water partition coefficient (Wildman–Crippen LogP) is 0.900. The van der Waals surface area contributed by atoms with Crippen LogP contribution < -0.4 is 0 Å². The zero-order valence-corrected chi connectivity index (χ0v) is 5.91. The van der Waals surface area contributed by atoms with Crippen molar-refractivity contribution in [1.29, 1.82) is 0 Å². The van der Waals surface area contributed by atoms with Crippen LogP contribution in [0.3, 0.4) is 0 Å². The molecule has 0 bridgehead atoms. The van der Waals surface area contributed by atoms with Gasteiger partial charge in [0.05, 0.1) is 0 Å². The molecule has 0 saturated carbocycles. The summed E-state index contributed by atoms with van der Waals surface area (Å²) in [5, 5.41) is 8.44. The van der Waals surface area contributed by atoms with Crippen LogP contribution in [0.25, 0.3) is 0 Å². The Morgan fingerprint density at radius 2 is 2.42 bits per heavy atom. The molecule has 1 aromatic rings. The number of carboxylic acids is 1. The number of pyridine rings is 1. The van der Waals surface area contributed by atoms with Crippen LogP contribution in [0.4, 0.5) is 4.39 Å². The van der Waals surface area contributed by atoms with E-state index in [9.17, 15) is 9.18 Å². The molecule has 0 radical (unpaired) electrons. The Morgan fingerprint density at radius 3 is 2.92 bits per heavy atom. The normalized spacial score (nSPS) is 9.00. The second-order valence-electron chi connectivity index (χ2n) is 2.01. The van der Waals surface area contributed by atoms with E-state index >= 15 is 0 Å². The fraction of sp³-hybridized carbons (Fsp3) is 0. The average Bonchev–Trinajstić information content (AvgIpc) is 2.05. The van der Waals surface area contributed by atoms with Gasteiger partial charge < -0.3 is 5.11 Å². The van der Waals surface area contributed by atoms with Gasteiger partial charge in [-0.05, 0) is 6.07 Å². The summed E-state index contributed by atoms with van der Waals surface area (Å²) in [7, 11) is 0. The summed E-state index contributed by atoms with van der Waals surface area (Å²) >= 11 is 0. The fourth-order valence-electron chi connectivity index (χ4n) is 0.677. The molecule has 0 aromatic carbocycles. The maximum absolute atomic E-state index is 12.6. The van der Waals surface area contributed by atoms with E-state index in [0.717, 1.165) is 12.3 Å². The van der Waals surface area contributed by atoms with E-state index in [-0.39, 0.29) is 5.56 Å². The molecule has 3 nitrogen and oxygen atoms in total. The van der Waals surface area contributed by atoms with Crippen molar-refractivity contribution >= 4 is 5.97 Å². The molecule has 0 saturated heterocycles. The average molecular weight is 165 g/mol. The number of aromatic nitrogens is 1. The Labute approximate surface area is 67.9 Å². The molecule has 0 amide bonds. The van der Waals surface area contributed by atoms with Crippen LogP contribution in [-0.2, 0) is 0 Å². The van der Waals surface area contributed by atoms with Gasteiger partial charge in [-0.1, -0.05) is 5.92 Å². The van der Waals surface area contributed by atoms with E-state index in [2.05, 4.69) is 10.9 Å². The van der Waals surface area contributed by atoms with Gasteiger partial charge in [0, 0.05) is 11.8 Å². The molecule has 0 fully saturated rings. The van der Waals surface area contributed by atoms with E-state index < -0.39 is 17.5 Å². The highest BCUT2D eigenvalue weighted by Gasteiger charge is 2.10. The molecule has 0 atom stereocenters. The molecule has 1 aromatic heterocycles. The third-order valence-electron chi connectivity index (χ3n) is 1.24. The third kappa shape index (κ3) is 1.40. The molecule has 12 heavy (non-hydrogen) atoms. The second-order valence-corrected chi connectivity index (χ2v) is 2.01. The Hall–Kier alpha value is -1.89. The first-order valence-corrected chi connectivity index (χ1v) is 3.00. The zero-order chi connectivity index (χ0) is 9.14. The summed E-state index contributed by atoms with van der Waals surface area (Å²) in [6, 6.07) is 1.06. The van der Waals surface area contributed by atoms with Crippen LogP contribution in [0, 0.1) is 18.3 Å². The maximum Gasteiger partial charge on any atom is 0.340 e. The smallest absolute Gasteiger partial charge is 0.340 e. The molecule has 0 unspecified atom stereocenters. The number of carbonyl (C=O) groups is 1. The summed E-state index contributed by atoms with van der Waals surface area (Å²) in [4.78, 5) is 13.5. The Bertz CT molecular complexity index is 368. The van der Waals surface area contributed by atoms with Gasteiger partial charge in [0.1, 0.15) is 5.56 Å². The van der Waals surface area contributed by atoms with Crippen molar-refractivity contribution in [2.24, 2.45) is 0 Å². The van der Waals surface area contributed by atoms with Crippen molar-refractivity contribution in [1.82, 2.24) is 4.98 Å². The zero-order valence-electron chi connectivity index (χ0n) is 5.91. The summed E-state index contributed by atoms with van der Waals surface area (Å²) in [6.45, 7) is 0. The topological polar surface area (TPSA) is 50.2 Å². The van der Waals surface area contributed by atoms with Gasteiger partial charge in [-0.3, -0.25) is 0 Å². The van der Waals surface area contributed by atoms with Crippen LogP contribution >= 0.6 is 0 Å². The van der Waals surface area contributed by atoms with Crippen LogP contribution in [0.2, 0.25) is 0 Å². The van der Waals surface area contributed by atoms with E-state index in [4.69, 9.17) is 11.5 Å². The lowest BCUT2D eigenvalue weighted by Gasteiger charge is -1.95. The van der Waals surface area contributed by atoms with Crippen molar-refractivity contribution < 1.29 is 14.3 Å². The number of halogens is 1. The van der Waals surface area contributed by atoms with Gasteiger partial charge in [0.25, 0.3) is 0 Å². The van der Waals surface area contributed by atoms with Gasteiger partial charge in [-0.2, -0.15) is 4.39 Å². The van der Waals surface area contributed by atoms with Crippen LogP contribution in [0.15, 0.2) is 12.3 Å². The number of rotatable bonds is 1. The molecule has 1 rings (SSSR count). The van der Waals surface area contributed by atoms with E-state index in [1.165, 1.54) is 0 Å². The van der Waals surface area contributed by atoms with Crippen molar-refractivity contribution in [2.75, 3.05) is 0 Å². The first-order valence-electron chi connectivity index (χ1n) is 3.00. The summed E-state index contributed by atoms with van der Waals surface area (Å²) < 4.78 is 12.6. The third-order valence-corrected chi connectivity index (χ3v) is 1.24. The highest BCUT2D eigenvalue weighted by atomic mass is 19.1. The molecule has 1 N–H and O–H groups in total. The number of aromatic carboxylic acids is 1. The molecule has 1 heterocycles. The molecule has 60 valence electrons. The minimum Gasteiger partial charge on any atom is -0.478 e. The fourth-order valence-corrected chi connectivity index (χ4v) is 0.677. The highest BCUT2D eigenvalue weighted by Crippen LogP contribution is 2.06. The van der Waals surface area contributed by atoms with Gasteiger partial charge >= 0.3 is 5.97 Å². The van der Waals surface area contributed by atoms with Crippen molar-refractivity contribution in [2.45, 2.75) is 0 Å². The number of nitrogens with zero attached hydrogens (tertiary/aromatic N) is 1.